The molecule has 0 spiro atoms. The predicted octanol–water partition coefficient (Wildman–Crippen LogP) is 2.08. The van der Waals surface area contributed by atoms with Crippen LogP contribution in [0.3, 0.4) is 0 Å². The minimum atomic E-state index is 0.594. The first-order valence-corrected chi connectivity index (χ1v) is 6.18. The highest BCUT2D eigenvalue weighted by atomic mass is 15.3. The van der Waals surface area contributed by atoms with Crippen molar-refractivity contribution in [3.05, 3.63) is 0 Å². The van der Waals surface area contributed by atoms with Crippen molar-refractivity contribution in [3.8, 4) is 0 Å². The van der Waals surface area contributed by atoms with E-state index in [2.05, 4.69) is 30.7 Å². The van der Waals surface area contributed by atoms with Gasteiger partial charge in [0, 0.05) is 19.6 Å². The van der Waals surface area contributed by atoms with E-state index >= 15 is 0 Å². The van der Waals surface area contributed by atoms with E-state index in [1.165, 1.54) is 19.3 Å². The van der Waals surface area contributed by atoms with Crippen molar-refractivity contribution in [1.29, 1.82) is 0 Å². The Hall–Kier alpha value is -0.730. The van der Waals surface area contributed by atoms with E-state index in [1.807, 2.05) is 0 Å². The number of hydrogen-bond acceptors (Lipinski definition) is 1. The van der Waals surface area contributed by atoms with Crippen molar-refractivity contribution in [2.24, 2.45) is 22.6 Å². The number of guanidine groups is 1. The van der Waals surface area contributed by atoms with E-state index in [9.17, 15) is 0 Å². The van der Waals surface area contributed by atoms with Gasteiger partial charge in [-0.05, 0) is 24.7 Å². The monoisotopic (exact) mass is 211 g/mol. The minimum absolute atomic E-state index is 0.594. The van der Waals surface area contributed by atoms with Gasteiger partial charge < -0.3 is 10.6 Å². The van der Waals surface area contributed by atoms with Crippen LogP contribution in [-0.4, -0.2) is 30.5 Å². The van der Waals surface area contributed by atoms with Crippen LogP contribution in [0.15, 0.2) is 4.99 Å². The van der Waals surface area contributed by atoms with Crippen molar-refractivity contribution < 1.29 is 0 Å². The number of aliphatic imine (C=N–C) groups is 1. The second-order valence-electron chi connectivity index (χ2n) is 4.93. The fraction of sp³-hybridized carbons (Fsp3) is 0.917. The van der Waals surface area contributed by atoms with Gasteiger partial charge in [-0.2, -0.15) is 0 Å². The summed E-state index contributed by atoms with van der Waals surface area (Å²) in [6.07, 6.45) is 3.85. The molecule has 1 fully saturated rings. The smallest absolute Gasteiger partial charge is 0.191 e. The lowest BCUT2D eigenvalue weighted by atomic mass is 9.95. The number of nitrogens with zero attached hydrogens (tertiary/aromatic N) is 2. The summed E-state index contributed by atoms with van der Waals surface area (Å²) in [6.45, 7) is 9.63. The number of piperidine rings is 1. The molecule has 0 aliphatic carbocycles. The van der Waals surface area contributed by atoms with Crippen LogP contribution in [0, 0.1) is 11.8 Å². The average molecular weight is 211 g/mol. The molecule has 1 saturated heterocycles. The number of hydrogen-bond donors (Lipinski definition) is 1. The standard InChI is InChI=1S/C12H25N3/c1-4-11-5-7-15(8-6-11)12(13)14-9-10(2)3/h10-11H,4-9H2,1-3H3,(H2,13,14). The van der Waals surface area contributed by atoms with Crippen LogP contribution in [0.4, 0.5) is 0 Å². The minimum Gasteiger partial charge on any atom is -0.370 e. The van der Waals surface area contributed by atoms with Crippen molar-refractivity contribution in [3.63, 3.8) is 0 Å². The first kappa shape index (κ1) is 12.3. The van der Waals surface area contributed by atoms with E-state index in [0.717, 1.165) is 31.5 Å². The Kier molecular flexibility index (Phi) is 4.92. The summed E-state index contributed by atoms with van der Waals surface area (Å²) >= 11 is 0. The number of nitrogens with two attached hydrogens (primary N) is 1. The summed E-state index contributed by atoms with van der Waals surface area (Å²) < 4.78 is 0. The molecule has 0 bridgehead atoms. The third-order valence-electron chi connectivity index (χ3n) is 3.13. The third kappa shape index (κ3) is 4.10. The van der Waals surface area contributed by atoms with Crippen molar-refractivity contribution in [2.45, 2.75) is 40.0 Å². The zero-order chi connectivity index (χ0) is 11.3. The van der Waals surface area contributed by atoms with Gasteiger partial charge in [0.15, 0.2) is 5.96 Å². The predicted molar refractivity (Wildman–Crippen MR) is 65.9 cm³/mol. The summed E-state index contributed by atoms with van der Waals surface area (Å²) in [7, 11) is 0. The largest absolute Gasteiger partial charge is 0.370 e. The lowest BCUT2D eigenvalue weighted by Crippen LogP contribution is -2.43. The molecule has 0 amide bonds. The highest BCUT2D eigenvalue weighted by molar-refractivity contribution is 5.78. The van der Waals surface area contributed by atoms with Crippen LogP contribution in [0.5, 0.6) is 0 Å². The van der Waals surface area contributed by atoms with Gasteiger partial charge in [-0.1, -0.05) is 27.2 Å². The summed E-state index contributed by atoms with van der Waals surface area (Å²) in [5.74, 6) is 2.24. The Labute approximate surface area is 93.7 Å². The summed E-state index contributed by atoms with van der Waals surface area (Å²) in [6, 6.07) is 0. The van der Waals surface area contributed by atoms with E-state index in [-0.39, 0.29) is 0 Å². The molecule has 3 heteroatoms. The van der Waals surface area contributed by atoms with Crippen LogP contribution in [0.25, 0.3) is 0 Å². The molecule has 1 rings (SSSR count). The zero-order valence-corrected chi connectivity index (χ0v) is 10.4. The van der Waals surface area contributed by atoms with Crippen molar-refractivity contribution in [1.82, 2.24) is 4.90 Å². The summed E-state index contributed by atoms with van der Waals surface area (Å²) in [5, 5.41) is 0. The van der Waals surface area contributed by atoms with E-state index in [0.29, 0.717) is 5.92 Å². The average Bonchev–Trinajstić information content (AvgIpc) is 2.26. The first-order valence-electron chi connectivity index (χ1n) is 6.18. The summed E-state index contributed by atoms with van der Waals surface area (Å²) in [5.41, 5.74) is 5.96. The Morgan fingerprint density at radius 2 is 2.00 bits per heavy atom. The molecule has 2 N–H and O–H groups in total. The maximum atomic E-state index is 5.96. The van der Waals surface area contributed by atoms with Gasteiger partial charge in [0.2, 0.25) is 0 Å². The van der Waals surface area contributed by atoms with Crippen LogP contribution in [0.2, 0.25) is 0 Å². The molecule has 1 aliphatic heterocycles. The van der Waals surface area contributed by atoms with Gasteiger partial charge in [0.1, 0.15) is 0 Å². The summed E-state index contributed by atoms with van der Waals surface area (Å²) in [4.78, 5) is 6.65. The topological polar surface area (TPSA) is 41.6 Å². The van der Waals surface area contributed by atoms with E-state index in [4.69, 9.17) is 5.73 Å². The molecule has 88 valence electrons. The molecular formula is C12H25N3. The van der Waals surface area contributed by atoms with Crippen LogP contribution < -0.4 is 5.73 Å². The fourth-order valence-corrected chi connectivity index (χ4v) is 1.95. The maximum Gasteiger partial charge on any atom is 0.191 e. The molecule has 0 radical (unpaired) electrons. The van der Waals surface area contributed by atoms with Crippen LogP contribution in [-0.2, 0) is 0 Å². The molecule has 15 heavy (non-hydrogen) atoms. The van der Waals surface area contributed by atoms with E-state index < -0.39 is 0 Å². The molecule has 0 aromatic rings. The highest BCUT2D eigenvalue weighted by Gasteiger charge is 2.18. The Balaban J connectivity index is 2.35. The lowest BCUT2D eigenvalue weighted by molar-refractivity contribution is 0.259. The molecule has 0 saturated carbocycles. The van der Waals surface area contributed by atoms with Gasteiger partial charge in [-0.25, -0.2) is 0 Å². The van der Waals surface area contributed by atoms with Crippen LogP contribution >= 0.6 is 0 Å². The molecule has 3 nitrogen and oxygen atoms in total. The number of rotatable bonds is 3. The molecule has 0 atom stereocenters. The first-order chi connectivity index (χ1) is 7.13. The Morgan fingerprint density at radius 1 is 1.40 bits per heavy atom. The van der Waals surface area contributed by atoms with Gasteiger partial charge in [0.25, 0.3) is 0 Å². The van der Waals surface area contributed by atoms with Crippen molar-refractivity contribution in [2.75, 3.05) is 19.6 Å². The SMILES string of the molecule is CCC1CCN(C(N)=NCC(C)C)CC1. The molecule has 0 aromatic heterocycles. The third-order valence-corrected chi connectivity index (χ3v) is 3.13. The fourth-order valence-electron chi connectivity index (χ4n) is 1.95. The Bertz CT molecular complexity index is 203. The molecular weight excluding hydrogens is 186 g/mol. The highest BCUT2D eigenvalue weighted by Crippen LogP contribution is 2.19. The van der Waals surface area contributed by atoms with E-state index in [1.54, 1.807) is 0 Å². The van der Waals surface area contributed by atoms with Gasteiger partial charge in [-0.15, -0.1) is 0 Å². The van der Waals surface area contributed by atoms with Gasteiger partial charge in [-0.3, -0.25) is 4.99 Å². The zero-order valence-electron chi connectivity index (χ0n) is 10.4. The molecule has 1 aliphatic rings. The lowest BCUT2D eigenvalue weighted by Gasteiger charge is -2.32. The maximum absolute atomic E-state index is 5.96. The second kappa shape index (κ2) is 5.99. The van der Waals surface area contributed by atoms with Crippen LogP contribution in [0.1, 0.15) is 40.0 Å². The van der Waals surface area contributed by atoms with Gasteiger partial charge in [0.05, 0.1) is 0 Å². The van der Waals surface area contributed by atoms with Gasteiger partial charge >= 0.3 is 0 Å². The van der Waals surface area contributed by atoms with Crippen molar-refractivity contribution >= 4 is 5.96 Å². The Morgan fingerprint density at radius 3 is 2.47 bits per heavy atom. The normalized spacial score (nSPS) is 20.0. The quantitative estimate of drug-likeness (QED) is 0.573. The molecule has 1 heterocycles. The molecule has 0 aromatic carbocycles. The molecule has 0 unspecified atom stereocenters. The number of likely N-dealkylation sites (tertiary alicyclic amines) is 1. The second-order valence-corrected chi connectivity index (χ2v) is 4.93.